The van der Waals surface area contributed by atoms with E-state index >= 15 is 0 Å². The van der Waals surface area contributed by atoms with Crippen LogP contribution in [0.3, 0.4) is 0 Å². The maximum Gasteiger partial charge on any atom is 0.343 e. The molecule has 2 N–H and O–H groups in total. The van der Waals surface area contributed by atoms with E-state index in [0.717, 1.165) is 24.3 Å². The molecular formula is C70H71BrN2O19. The molecule has 482 valence electrons. The molecule has 21 nitrogen and oxygen atoms in total. The molecule has 0 bridgehead atoms. The number of benzene rings is 6. The van der Waals surface area contributed by atoms with E-state index in [-0.39, 0.29) is 47.5 Å². The third kappa shape index (κ3) is 26.6. The summed E-state index contributed by atoms with van der Waals surface area (Å²) in [5.41, 5.74) is 2.33. The van der Waals surface area contributed by atoms with Gasteiger partial charge < -0.3 is 58.0 Å². The molecule has 22 heteroatoms. The SMILES string of the molecule is C=CC(=O)OCCCCOc1ccc(C(=O)Nc2ccc(OC(=O)c3ccc(OCCCCOC(=O)C=C)cc3)cc2Br)cc1.C=CC(=O)OCCCCOc1ccc(C(=O)Nc2ccc(OC(=O)c3ccc(OCCCCOC(=O)C=C)cc3)cc2C(C)=O)cc1. The second-order valence-corrected chi connectivity index (χ2v) is 20.3. The van der Waals surface area contributed by atoms with Crippen LogP contribution in [0.25, 0.3) is 0 Å². The first-order valence-corrected chi connectivity index (χ1v) is 29.9. The largest absolute Gasteiger partial charge is 0.494 e. The van der Waals surface area contributed by atoms with Crippen LogP contribution in [0.2, 0.25) is 0 Å². The van der Waals surface area contributed by atoms with Crippen molar-refractivity contribution in [3.8, 4) is 34.5 Å². The van der Waals surface area contributed by atoms with Gasteiger partial charge in [-0.05, 0) is 208 Å². The topological polar surface area (TPSA) is 270 Å². The minimum Gasteiger partial charge on any atom is -0.494 e. The van der Waals surface area contributed by atoms with Crippen molar-refractivity contribution in [2.45, 2.75) is 58.3 Å². The standard InChI is InChI=1S/C36H37NO10.C34H34BrNO9/c1-4-33(39)45-22-8-6-20-43-28-14-10-26(11-15-28)35(41)37-32-19-18-30(24-31(32)25(3)38)47-36(42)27-12-16-29(17-13-27)44-21-7-9-23-46-34(40)5-2;1-3-31(37)43-21-7-5-19-41-26-13-9-24(10-14-26)33(39)36-30-18-17-28(23-29(30)35)45-34(40)25-11-15-27(16-12-25)42-20-6-8-22-44-32(38)4-2/h4-5,10-19,24H,1-2,6-9,20-23H2,3H3,(H,37,41);3-4,9-18,23H,1-2,5-8,19-22H2,(H,36,39). The summed E-state index contributed by atoms with van der Waals surface area (Å²) in [5.74, 6) is -1.32. The normalized spacial score (nSPS) is 10.2. The number of carbonyl (C=O) groups is 9. The van der Waals surface area contributed by atoms with Gasteiger partial charge in [0.25, 0.3) is 11.8 Å². The summed E-state index contributed by atoms with van der Waals surface area (Å²) in [6.45, 7) is 17.6. The number of unbranched alkanes of at least 4 members (excludes halogenated alkanes) is 4. The average molecular weight is 1320 g/mol. The van der Waals surface area contributed by atoms with Crippen molar-refractivity contribution in [2.24, 2.45) is 0 Å². The van der Waals surface area contributed by atoms with Crippen LogP contribution in [0.1, 0.15) is 110 Å². The average Bonchev–Trinajstić information content (AvgIpc) is 1.15. The molecule has 0 aliphatic carbocycles. The molecule has 0 unspecified atom stereocenters. The van der Waals surface area contributed by atoms with Gasteiger partial charge in [-0.15, -0.1) is 0 Å². The van der Waals surface area contributed by atoms with Crippen molar-refractivity contribution in [1.29, 1.82) is 0 Å². The van der Waals surface area contributed by atoms with E-state index in [9.17, 15) is 43.2 Å². The predicted octanol–water partition coefficient (Wildman–Crippen LogP) is 12.8. The van der Waals surface area contributed by atoms with Crippen molar-refractivity contribution in [3.05, 3.63) is 216 Å². The highest BCUT2D eigenvalue weighted by Crippen LogP contribution is 2.30. The summed E-state index contributed by atoms with van der Waals surface area (Å²) >= 11 is 3.42. The third-order valence-corrected chi connectivity index (χ3v) is 13.2. The lowest BCUT2D eigenvalue weighted by Crippen LogP contribution is -2.15. The number of carbonyl (C=O) groups excluding carboxylic acids is 9. The number of amides is 2. The maximum absolute atomic E-state index is 12.9. The number of hydrogen-bond acceptors (Lipinski definition) is 19. The van der Waals surface area contributed by atoms with Crippen LogP contribution in [0.5, 0.6) is 34.5 Å². The first-order valence-electron chi connectivity index (χ1n) is 29.1. The number of ketones is 1. The fourth-order valence-corrected chi connectivity index (χ4v) is 8.11. The van der Waals surface area contributed by atoms with Crippen LogP contribution in [0.4, 0.5) is 11.4 Å². The van der Waals surface area contributed by atoms with Crippen LogP contribution in [-0.2, 0) is 38.1 Å². The van der Waals surface area contributed by atoms with Gasteiger partial charge in [0.1, 0.15) is 34.5 Å². The summed E-state index contributed by atoms with van der Waals surface area (Å²) in [4.78, 5) is 108. The highest BCUT2D eigenvalue weighted by molar-refractivity contribution is 9.10. The third-order valence-electron chi connectivity index (χ3n) is 12.5. The zero-order valence-electron chi connectivity index (χ0n) is 50.8. The van der Waals surface area contributed by atoms with Gasteiger partial charge in [0.15, 0.2) is 5.78 Å². The summed E-state index contributed by atoms with van der Waals surface area (Å²) in [6.07, 6.45) is 9.81. The van der Waals surface area contributed by atoms with Crippen LogP contribution in [0, 0.1) is 0 Å². The molecular weight excluding hydrogens is 1250 g/mol. The van der Waals surface area contributed by atoms with Crippen LogP contribution in [0.15, 0.2) is 189 Å². The van der Waals surface area contributed by atoms with Crippen molar-refractivity contribution < 1.29 is 90.5 Å². The Kier molecular flexibility index (Phi) is 31.5. The Morgan fingerprint density at radius 3 is 0.935 bits per heavy atom. The summed E-state index contributed by atoms with van der Waals surface area (Å²) in [6, 6.07) is 35.4. The van der Waals surface area contributed by atoms with E-state index < -0.39 is 41.7 Å². The first-order chi connectivity index (χ1) is 44.5. The Morgan fingerprint density at radius 2 is 0.630 bits per heavy atom. The van der Waals surface area contributed by atoms with Crippen molar-refractivity contribution in [2.75, 3.05) is 63.5 Å². The van der Waals surface area contributed by atoms with Gasteiger partial charge in [0, 0.05) is 45.5 Å². The fraction of sp³-hybridized carbons (Fsp3) is 0.243. The second-order valence-electron chi connectivity index (χ2n) is 19.4. The van der Waals surface area contributed by atoms with Crippen molar-refractivity contribution >= 4 is 80.7 Å². The second kappa shape index (κ2) is 40.1. The molecule has 2 amide bonds. The number of halogens is 1. The van der Waals surface area contributed by atoms with E-state index in [2.05, 4.69) is 52.9 Å². The predicted molar refractivity (Wildman–Crippen MR) is 346 cm³/mol. The number of Topliss-reactive ketones (excluding diaryl/α,β-unsaturated/α-hetero) is 1. The lowest BCUT2D eigenvalue weighted by Gasteiger charge is -2.12. The zero-order chi connectivity index (χ0) is 66.5. The highest BCUT2D eigenvalue weighted by Gasteiger charge is 2.18. The molecule has 0 radical (unpaired) electrons. The van der Waals surface area contributed by atoms with Gasteiger partial charge in [-0.25, -0.2) is 28.8 Å². The molecule has 6 aromatic carbocycles. The Labute approximate surface area is 541 Å². The molecule has 6 rings (SSSR count). The van der Waals surface area contributed by atoms with Crippen LogP contribution < -0.4 is 39.1 Å². The Hall–Kier alpha value is -10.6. The number of hydrogen-bond donors (Lipinski definition) is 2. The smallest absolute Gasteiger partial charge is 0.343 e. The van der Waals surface area contributed by atoms with E-state index in [1.54, 1.807) is 115 Å². The van der Waals surface area contributed by atoms with Gasteiger partial charge in [-0.3, -0.25) is 14.4 Å². The van der Waals surface area contributed by atoms with Gasteiger partial charge in [0.05, 0.1) is 75.4 Å². The minimum absolute atomic E-state index is 0.135. The fourth-order valence-electron chi connectivity index (χ4n) is 7.65. The van der Waals surface area contributed by atoms with Gasteiger partial charge in [-0.1, -0.05) is 26.3 Å². The van der Waals surface area contributed by atoms with Crippen molar-refractivity contribution in [3.63, 3.8) is 0 Å². The van der Waals surface area contributed by atoms with Crippen LogP contribution >= 0.6 is 15.9 Å². The Morgan fingerprint density at radius 1 is 0.359 bits per heavy atom. The quantitative estimate of drug-likeness (QED) is 0.00916. The number of rotatable bonds is 37. The summed E-state index contributed by atoms with van der Waals surface area (Å²) < 4.78 is 53.8. The summed E-state index contributed by atoms with van der Waals surface area (Å²) in [5, 5.41) is 5.56. The molecule has 0 aliphatic heterocycles. The number of nitrogens with one attached hydrogen (secondary N) is 2. The minimum atomic E-state index is -0.634. The maximum atomic E-state index is 12.9. The van der Waals surface area contributed by atoms with E-state index in [4.69, 9.17) is 47.4 Å². The number of ether oxygens (including phenoxy) is 10. The number of anilines is 2. The van der Waals surface area contributed by atoms with Gasteiger partial charge in [0.2, 0.25) is 0 Å². The van der Waals surface area contributed by atoms with Gasteiger partial charge >= 0.3 is 35.8 Å². The van der Waals surface area contributed by atoms with Crippen LogP contribution in [-0.4, -0.2) is 106 Å². The molecule has 0 saturated carbocycles. The molecule has 0 fully saturated rings. The Balaban J connectivity index is 0.000000334. The number of esters is 6. The lowest BCUT2D eigenvalue weighted by molar-refractivity contribution is -0.138. The highest BCUT2D eigenvalue weighted by atomic mass is 79.9. The van der Waals surface area contributed by atoms with E-state index in [1.807, 2.05) is 0 Å². The molecule has 92 heavy (non-hydrogen) atoms. The molecule has 0 atom stereocenters. The molecule has 0 spiro atoms. The van der Waals surface area contributed by atoms with Crippen molar-refractivity contribution in [1.82, 2.24) is 0 Å². The van der Waals surface area contributed by atoms with E-state index in [0.29, 0.717) is 147 Å². The lowest BCUT2D eigenvalue weighted by atomic mass is 10.1. The molecule has 6 aromatic rings. The molecule has 0 saturated heterocycles. The first kappa shape index (κ1) is 72.1. The summed E-state index contributed by atoms with van der Waals surface area (Å²) in [7, 11) is 0. The zero-order valence-corrected chi connectivity index (χ0v) is 52.4. The molecule has 0 aromatic heterocycles. The molecule has 0 aliphatic rings. The monoisotopic (exact) mass is 1320 g/mol. The molecule has 0 heterocycles. The van der Waals surface area contributed by atoms with Gasteiger partial charge in [-0.2, -0.15) is 0 Å². The van der Waals surface area contributed by atoms with E-state index in [1.165, 1.54) is 25.1 Å². The Bertz CT molecular complexity index is 3490.